The van der Waals surface area contributed by atoms with Crippen LogP contribution in [-0.2, 0) is 9.53 Å². The lowest BCUT2D eigenvalue weighted by Gasteiger charge is -2.12. The predicted molar refractivity (Wildman–Crippen MR) is 90.7 cm³/mol. The maximum Gasteiger partial charge on any atom is 0.333 e. The van der Waals surface area contributed by atoms with Crippen molar-refractivity contribution in [1.82, 2.24) is 0 Å². The number of fused-ring (bicyclic) bond motifs is 1. The first-order valence-corrected chi connectivity index (χ1v) is 7.57. The van der Waals surface area contributed by atoms with Crippen molar-refractivity contribution in [2.45, 2.75) is 38.2 Å². The van der Waals surface area contributed by atoms with Crippen molar-refractivity contribution in [3.63, 3.8) is 0 Å². The van der Waals surface area contributed by atoms with Gasteiger partial charge < -0.3 is 4.74 Å². The van der Waals surface area contributed by atoms with Crippen LogP contribution in [0, 0.1) is 0 Å². The molecule has 3 heteroatoms. The third-order valence-corrected chi connectivity index (χ3v) is 3.90. The summed E-state index contributed by atoms with van der Waals surface area (Å²) >= 11 is 4.51. The Labute approximate surface area is 131 Å². The summed E-state index contributed by atoms with van der Waals surface area (Å²) in [5.74, 6) is -0.273. The molecule has 0 radical (unpaired) electrons. The van der Waals surface area contributed by atoms with E-state index in [0.717, 1.165) is 27.7 Å². The summed E-state index contributed by atoms with van der Waals surface area (Å²) in [4.78, 5) is 12.9. The summed E-state index contributed by atoms with van der Waals surface area (Å²) in [5, 5.41) is 2.21. The highest BCUT2D eigenvalue weighted by Crippen LogP contribution is 2.27. The van der Waals surface area contributed by atoms with Gasteiger partial charge in [-0.25, -0.2) is 4.79 Å². The van der Waals surface area contributed by atoms with Gasteiger partial charge in [0.15, 0.2) is 0 Å². The number of hydrogen-bond donors (Lipinski definition) is 1. The van der Waals surface area contributed by atoms with E-state index in [1.807, 2.05) is 56.3 Å². The summed E-state index contributed by atoms with van der Waals surface area (Å²) in [7, 11) is 0. The van der Waals surface area contributed by atoms with Crippen LogP contribution in [0.2, 0.25) is 0 Å². The molecule has 0 spiro atoms. The van der Waals surface area contributed by atoms with E-state index in [-0.39, 0.29) is 12.1 Å². The molecule has 0 saturated heterocycles. The Morgan fingerprint density at radius 3 is 2.71 bits per heavy atom. The molecule has 2 rings (SSSR count). The third-order valence-electron chi connectivity index (χ3n) is 3.51. The first-order chi connectivity index (χ1) is 10.0. The maximum atomic E-state index is 12.0. The van der Waals surface area contributed by atoms with Crippen molar-refractivity contribution in [1.29, 1.82) is 0 Å². The molecule has 0 aliphatic carbocycles. The zero-order valence-corrected chi connectivity index (χ0v) is 13.5. The smallest absolute Gasteiger partial charge is 0.333 e. The van der Waals surface area contributed by atoms with Gasteiger partial charge >= 0.3 is 5.97 Å². The summed E-state index contributed by atoms with van der Waals surface area (Å²) < 4.78 is 5.35. The average Bonchev–Trinajstić information content (AvgIpc) is 2.49. The molecular formula is C18H20O2S. The average molecular weight is 300 g/mol. The zero-order valence-electron chi connectivity index (χ0n) is 12.6. The summed E-state index contributed by atoms with van der Waals surface area (Å²) in [6.07, 6.45) is 2.60. The lowest BCUT2D eigenvalue weighted by Crippen LogP contribution is -2.14. The Morgan fingerprint density at radius 2 is 2.00 bits per heavy atom. The lowest BCUT2D eigenvalue weighted by atomic mass is 10.0. The van der Waals surface area contributed by atoms with Crippen LogP contribution in [0.25, 0.3) is 16.8 Å². The van der Waals surface area contributed by atoms with E-state index < -0.39 is 0 Å². The number of thiol groups is 1. The van der Waals surface area contributed by atoms with E-state index in [2.05, 4.69) is 12.6 Å². The van der Waals surface area contributed by atoms with Gasteiger partial charge in [-0.2, -0.15) is 0 Å². The van der Waals surface area contributed by atoms with Crippen LogP contribution in [0.3, 0.4) is 0 Å². The molecule has 1 unspecified atom stereocenters. The molecule has 0 aliphatic rings. The number of esters is 1. The minimum Gasteiger partial charge on any atom is -0.459 e. The normalized spacial score (nSPS) is 13.2. The Hall–Kier alpha value is -1.74. The number of carbonyl (C=O) groups excluding carboxylic acids is 1. The quantitative estimate of drug-likeness (QED) is 0.495. The van der Waals surface area contributed by atoms with Crippen LogP contribution in [0.1, 0.15) is 32.8 Å². The van der Waals surface area contributed by atoms with Gasteiger partial charge in [0.05, 0.1) is 6.10 Å². The SMILES string of the molecule is CCC(C)OC(=O)C(C)=Cc1c(S)ccc2ccccc12. The van der Waals surface area contributed by atoms with E-state index in [4.69, 9.17) is 4.74 Å². The van der Waals surface area contributed by atoms with E-state index in [1.54, 1.807) is 6.92 Å². The molecular weight excluding hydrogens is 280 g/mol. The molecule has 0 fully saturated rings. The molecule has 0 heterocycles. The van der Waals surface area contributed by atoms with Crippen LogP contribution >= 0.6 is 12.6 Å². The van der Waals surface area contributed by atoms with Gasteiger partial charge in [-0.3, -0.25) is 0 Å². The second kappa shape index (κ2) is 6.81. The molecule has 0 amide bonds. The zero-order chi connectivity index (χ0) is 15.4. The van der Waals surface area contributed by atoms with Gasteiger partial charge in [0, 0.05) is 10.5 Å². The van der Waals surface area contributed by atoms with Gasteiger partial charge in [-0.1, -0.05) is 37.3 Å². The molecule has 1 atom stereocenters. The van der Waals surface area contributed by atoms with E-state index >= 15 is 0 Å². The van der Waals surface area contributed by atoms with Crippen LogP contribution in [-0.4, -0.2) is 12.1 Å². The number of carbonyl (C=O) groups is 1. The second-order valence-electron chi connectivity index (χ2n) is 5.17. The fourth-order valence-corrected chi connectivity index (χ4v) is 2.33. The fourth-order valence-electron chi connectivity index (χ4n) is 2.07. The lowest BCUT2D eigenvalue weighted by molar-refractivity contribution is -0.143. The Kier molecular flexibility index (Phi) is 5.07. The summed E-state index contributed by atoms with van der Waals surface area (Å²) in [6.45, 7) is 5.67. The molecule has 21 heavy (non-hydrogen) atoms. The van der Waals surface area contributed by atoms with Crippen molar-refractivity contribution < 1.29 is 9.53 Å². The van der Waals surface area contributed by atoms with Gasteiger partial charge in [-0.05, 0) is 48.7 Å². The van der Waals surface area contributed by atoms with Gasteiger partial charge in [-0.15, -0.1) is 12.6 Å². The number of ether oxygens (including phenoxy) is 1. The summed E-state index contributed by atoms with van der Waals surface area (Å²) in [6, 6.07) is 12.0. The number of hydrogen-bond acceptors (Lipinski definition) is 3. The van der Waals surface area contributed by atoms with Crippen LogP contribution in [0.5, 0.6) is 0 Å². The van der Waals surface area contributed by atoms with Gasteiger partial charge in [0.1, 0.15) is 0 Å². The van der Waals surface area contributed by atoms with E-state index in [0.29, 0.717) is 5.57 Å². The van der Waals surface area contributed by atoms with Crippen molar-refractivity contribution >= 4 is 35.4 Å². The molecule has 0 saturated carbocycles. The first-order valence-electron chi connectivity index (χ1n) is 7.13. The first kappa shape index (κ1) is 15.6. The monoisotopic (exact) mass is 300 g/mol. The third kappa shape index (κ3) is 3.67. The number of benzene rings is 2. The highest BCUT2D eigenvalue weighted by atomic mass is 32.1. The van der Waals surface area contributed by atoms with Crippen molar-refractivity contribution in [3.8, 4) is 0 Å². The topological polar surface area (TPSA) is 26.3 Å². The van der Waals surface area contributed by atoms with Crippen molar-refractivity contribution in [2.24, 2.45) is 0 Å². The van der Waals surface area contributed by atoms with Gasteiger partial charge in [0.25, 0.3) is 0 Å². The minimum atomic E-state index is -0.273. The molecule has 0 aliphatic heterocycles. The fraction of sp³-hybridized carbons (Fsp3) is 0.278. The molecule has 0 aromatic heterocycles. The highest BCUT2D eigenvalue weighted by molar-refractivity contribution is 7.80. The van der Waals surface area contributed by atoms with Crippen molar-refractivity contribution in [2.75, 3.05) is 0 Å². The predicted octanol–water partition coefficient (Wildman–Crippen LogP) is 4.87. The van der Waals surface area contributed by atoms with Crippen LogP contribution < -0.4 is 0 Å². The van der Waals surface area contributed by atoms with E-state index in [9.17, 15) is 4.79 Å². The second-order valence-corrected chi connectivity index (χ2v) is 5.65. The van der Waals surface area contributed by atoms with Gasteiger partial charge in [0.2, 0.25) is 0 Å². The standard InChI is InChI=1S/C18H20O2S/c1-4-13(3)20-18(19)12(2)11-16-15-8-6-5-7-14(15)9-10-17(16)21/h5-11,13,21H,4H2,1-3H3. The highest BCUT2D eigenvalue weighted by Gasteiger charge is 2.11. The Bertz CT molecular complexity index is 689. The molecule has 2 aromatic rings. The van der Waals surface area contributed by atoms with Crippen LogP contribution in [0.4, 0.5) is 0 Å². The van der Waals surface area contributed by atoms with Crippen molar-refractivity contribution in [3.05, 3.63) is 47.5 Å². The Morgan fingerprint density at radius 1 is 1.29 bits per heavy atom. The van der Waals surface area contributed by atoms with E-state index in [1.165, 1.54) is 0 Å². The Balaban J connectivity index is 2.40. The minimum absolute atomic E-state index is 0.0659. The molecule has 0 bridgehead atoms. The molecule has 0 N–H and O–H groups in total. The van der Waals surface area contributed by atoms with Crippen LogP contribution in [0.15, 0.2) is 46.9 Å². The molecule has 2 nitrogen and oxygen atoms in total. The molecule has 110 valence electrons. The summed E-state index contributed by atoms with van der Waals surface area (Å²) in [5.41, 5.74) is 1.54. The number of rotatable bonds is 4. The molecule has 2 aromatic carbocycles. The largest absolute Gasteiger partial charge is 0.459 e. The maximum absolute atomic E-state index is 12.0.